The zero-order valence-electron chi connectivity index (χ0n) is 13.3. The lowest BCUT2D eigenvalue weighted by molar-refractivity contribution is -0.121. The van der Waals surface area contributed by atoms with E-state index < -0.39 is 0 Å². The van der Waals surface area contributed by atoms with E-state index in [-0.39, 0.29) is 11.8 Å². The summed E-state index contributed by atoms with van der Waals surface area (Å²) in [6.07, 6.45) is 1.70. The summed E-state index contributed by atoms with van der Waals surface area (Å²) in [5.74, 6) is 0.166. The van der Waals surface area contributed by atoms with Crippen molar-refractivity contribution < 1.29 is 4.79 Å². The number of amides is 1. The maximum absolute atomic E-state index is 12.4. The fraction of sp³-hybridized carbons (Fsp3) is 0.316. The van der Waals surface area contributed by atoms with E-state index in [1.807, 2.05) is 48.5 Å². The molecule has 2 aromatic rings. The van der Waals surface area contributed by atoms with Crippen LogP contribution in [0.5, 0.6) is 0 Å². The Balaban J connectivity index is 1.53. The van der Waals surface area contributed by atoms with Crippen molar-refractivity contribution in [1.82, 2.24) is 4.90 Å². The number of piperidine rings is 1. The van der Waals surface area contributed by atoms with Crippen LogP contribution in [-0.2, 0) is 11.3 Å². The number of nitrogens with one attached hydrogen (secondary N) is 1. The molecule has 2 aromatic carbocycles. The standard InChI is InChI=1S/C19H20Cl2N2O/c20-17-7-4-8-18(21)16(17)13-23-11-9-14(10-12-23)19(24)22-15-5-2-1-3-6-15/h1-8,14H,9-13H2,(H,22,24). The molecule has 1 saturated heterocycles. The molecule has 0 unspecified atom stereocenters. The third kappa shape index (κ3) is 4.29. The number of halogens is 2. The van der Waals surface area contributed by atoms with Crippen LogP contribution in [0.1, 0.15) is 18.4 Å². The van der Waals surface area contributed by atoms with Crippen LogP contribution in [0.3, 0.4) is 0 Å². The Morgan fingerprint density at radius 3 is 2.25 bits per heavy atom. The molecular weight excluding hydrogens is 343 g/mol. The predicted octanol–water partition coefficient (Wildman–Crippen LogP) is 4.84. The highest BCUT2D eigenvalue weighted by Gasteiger charge is 2.25. The van der Waals surface area contributed by atoms with E-state index in [4.69, 9.17) is 23.2 Å². The van der Waals surface area contributed by atoms with Crippen LogP contribution in [0.15, 0.2) is 48.5 Å². The van der Waals surface area contributed by atoms with Gasteiger partial charge in [-0.1, -0.05) is 47.5 Å². The number of carbonyl (C=O) groups excluding carboxylic acids is 1. The quantitative estimate of drug-likeness (QED) is 0.843. The molecule has 5 heteroatoms. The Labute approximate surface area is 152 Å². The predicted molar refractivity (Wildman–Crippen MR) is 99.5 cm³/mol. The van der Waals surface area contributed by atoms with Crippen molar-refractivity contribution in [2.24, 2.45) is 5.92 Å². The number of benzene rings is 2. The molecule has 1 fully saturated rings. The average molecular weight is 363 g/mol. The second-order valence-corrected chi connectivity index (χ2v) is 6.92. The van der Waals surface area contributed by atoms with E-state index in [1.165, 1.54) is 0 Å². The Hall–Kier alpha value is -1.55. The van der Waals surface area contributed by atoms with Crippen molar-refractivity contribution in [3.63, 3.8) is 0 Å². The summed E-state index contributed by atoms with van der Waals surface area (Å²) in [4.78, 5) is 14.7. The van der Waals surface area contributed by atoms with Gasteiger partial charge in [-0.05, 0) is 50.2 Å². The maximum Gasteiger partial charge on any atom is 0.227 e. The highest BCUT2D eigenvalue weighted by atomic mass is 35.5. The van der Waals surface area contributed by atoms with Crippen molar-refractivity contribution in [3.8, 4) is 0 Å². The number of hydrogen-bond acceptors (Lipinski definition) is 2. The van der Waals surface area contributed by atoms with Gasteiger partial charge in [0.1, 0.15) is 0 Å². The molecule has 0 saturated carbocycles. The molecule has 126 valence electrons. The first-order valence-corrected chi connectivity index (χ1v) is 8.90. The summed E-state index contributed by atoms with van der Waals surface area (Å²) in [7, 11) is 0. The first-order valence-electron chi connectivity index (χ1n) is 8.14. The molecule has 3 nitrogen and oxygen atoms in total. The molecule has 0 bridgehead atoms. The van der Waals surface area contributed by atoms with Crippen molar-refractivity contribution >= 4 is 34.8 Å². The number of nitrogens with zero attached hydrogens (tertiary/aromatic N) is 1. The Morgan fingerprint density at radius 1 is 1.00 bits per heavy atom. The highest BCUT2D eigenvalue weighted by molar-refractivity contribution is 6.35. The van der Waals surface area contributed by atoms with E-state index in [0.29, 0.717) is 10.0 Å². The van der Waals surface area contributed by atoms with Gasteiger partial charge < -0.3 is 5.32 Å². The summed E-state index contributed by atoms with van der Waals surface area (Å²) in [5, 5.41) is 4.40. The zero-order chi connectivity index (χ0) is 16.9. The molecule has 0 spiro atoms. The second kappa shape index (κ2) is 8.02. The molecule has 1 N–H and O–H groups in total. The van der Waals surface area contributed by atoms with Gasteiger partial charge in [0, 0.05) is 33.8 Å². The summed E-state index contributed by atoms with van der Waals surface area (Å²) in [6, 6.07) is 15.2. The van der Waals surface area contributed by atoms with Gasteiger partial charge in [-0.3, -0.25) is 9.69 Å². The van der Waals surface area contributed by atoms with E-state index in [1.54, 1.807) is 0 Å². The molecule has 1 heterocycles. The largest absolute Gasteiger partial charge is 0.326 e. The van der Waals surface area contributed by atoms with Gasteiger partial charge >= 0.3 is 0 Å². The fourth-order valence-electron chi connectivity index (χ4n) is 3.03. The summed E-state index contributed by atoms with van der Waals surface area (Å²) in [6.45, 7) is 2.47. The average Bonchev–Trinajstić information content (AvgIpc) is 2.60. The lowest BCUT2D eigenvalue weighted by Gasteiger charge is -2.31. The van der Waals surface area contributed by atoms with Crippen LogP contribution in [0.2, 0.25) is 10.0 Å². The summed E-state index contributed by atoms with van der Waals surface area (Å²) < 4.78 is 0. The Morgan fingerprint density at radius 2 is 1.62 bits per heavy atom. The molecule has 1 aliphatic rings. The number of hydrogen-bond donors (Lipinski definition) is 1. The minimum Gasteiger partial charge on any atom is -0.326 e. The van der Waals surface area contributed by atoms with Crippen molar-refractivity contribution in [3.05, 3.63) is 64.1 Å². The van der Waals surface area contributed by atoms with E-state index >= 15 is 0 Å². The molecule has 24 heavy (non-hydrogen) atoms. The third-order valence-corrected chi connectivity index (χ3v) is 5.15. The van der Waals surface area contributed by atoms with Gasteiger partial charge in [0.2, 0.25) is 5.91 Å². The van der Waals surface area contributed by atoms with Crippen molar-refractivity contribution in [2.75, 3.05) is 18.4 Å². The van der Waals surface area contributed by atoms with Crippen LogP contribution in [0, 0.1) is 5.92 Å². The Bertz CT molecular complexity index is 678. The molecule has 3 rings (SSSR count). The van der Waals surface area contributed by atoms with Crippen molar-refractivity contribution in [2.45, 2.75) is 19.4 Å². The van der Waals surface area contributed by atoms with Gasteiger partial charge in [-0.25, -0.2) is 0 Å². The first-order chi connectivity index (χ1) is 11.6. The van der Waals surface area contributed by atoms with Crippen LogP contribution < -0.4 is 5.32 Å². The molecule has 0 radical (unpaired) electrons. The second-order valence-electron chi connectivity index (χ2n) is 6.11. The molecule has 1 amide bonds. The number of para-hydroxylation sites is 1. The molecule has 0 atom stereocenters. The number of carbonyl (C=O) groups is 1. The SMILES string of the molecule is O=C(Nc1ccccc1)C1CCN(Cc2c(Cl)cccc2Cl)CC1. The van der Waals surface area contributed by atoms with Gasteiger partial charge in [-0.2, -0.15) is 0 Å². The topological polar surface area (TPSA) is 32.3 Å². The minimum atomic E-state index is 0.0585. The van der Waals surface area contributed by atoms with Gasteiger partial charge in [0.05, 0.1) is 0 Å². The minimum absolute atomic E-state index is 0.0585. The van der Waals surface area contributed by atoms with Crippen molar-refractivity contribution in [1.29, 1.82) is 0 Å². The number of rotatable bonds is 4. The van der Waals surface area contributed by atoms with E-state index in [2.05, 4.69) is 10.2 Å². The number of likely N-dealkylation sites (tertiary alicyclic amines) is 1. The van der Waals surface area contributed by atoms with E-state index in [0.717, 1.165) is 43.7 Å². The summed E-state index contributed by atoms with van der Waals surface area (Å²) in [5.41, 5.74) is 1.82. The number of anilines is 1. The molecule has 1 aliphatic heterocycles. The van der Waals surface area contributed by atoms with Crippen LogP contribution in [0.25, 0.3) is 0 Å². The fourth-order valence-corrected chi connectivity index (χ4v) is 3.54. The van der Waals surface area contributed by atoms with Crippen LogP contribution >= 0.6 is 23.2 Å². The monoisotopic (exact) mass is 362 g/mol. The normalized spacial score (nSPS) is 16.1. The van der Waals surface area contributed by atoms with E-state index in [9.17, 15) is 4.79 Å². The van der Waals surface area contributed by atoms with Gasteiger partial charge in [0.15, 0.2) is 0 Å². The highest BCUT2D eigenvalue weighted by Crippen LogP contribution is 2.28. The lowest BCUT2D eigenvalue weighted by atomic mass is 9.95. The zero-order valence-corrected chi connectivity index (χ0v) is 14.9. The molecular formula is C19H20Cl2N2O. The van der Waals surface area contributed by atoms with Gasteiger partial charge in [0.25, 0.3) is 0 Å². The molecule has 0 aliphatic carbocycles. The van der Waals surface area contributed by atoms with Crippen LogP contribution in [0.4, 0.5) is 5.69 Å². The Kier molecular flexibility index (Phi) is 5.77. The lowest BCUT2D eigenvalue weighted by Crippen LogP contribution is -2.37. The maximum atomic E-state index is 12.4. The van der Waals surface area contributed by atoms with Crippen LogP contribution in [-0.4, -0.2) is 23.9 Å². The molecule has 0 aromatic heterocycles. The summed E-state index contributed by atoms with van der Waals surface area (Å²) >= 11 is 12.5. The van der Waals surface area contributed by atoms with Gasteiger partial charge in [-0.15, -0.1) is 0 Å². The smallest absolute Gasteiger partial charge is 0.227 e. The first kappa shape index (κ1) is 17.3. The third-order valence-electron chi connectivity index (χ3n) is 4.44.